The van der Waals surface area contributed by atoms with E-state index in [1.807, 2.05) is 33.8 Å². The summed E-state index contributed by atoms with van der Waals surface area (Å²) in [7, 11) is 0. The number of esters is 1. The Kier molecular flexibility index (Phi) is 7.08. The van der Waals surface area contributed by atoms with Crippen LogP contribution in [0, 0.1) is 13.8 Å². The molecule has 0 radical (unpaired) electrons. The minimum Gasteiger partial charge on any atom is -0.464 e. The SMILES string of the molecule is CCCOC(=O)C(CC)N(C=O)/C=N\c1sc(C)cc1C. The minimum absolute atomic E-state index is 0.363. The largest absolute Gasteiger partial charge is 0.464 e. The van der Waals surface area contributed by atoms with E-state index in [0.29, 0.717) is 19.4 Å². The maximum atomic E-state index is 11.9. The van der Waals surface area contributed by atoms with Crippen molar-refractivity contribution in [3.05, 3.63) is 16.5 Å². The zero-order valence-corrected chi connectivity index (χ0v) is 13.8. The van der Waals surface area contributed by atoms with Gasteiger partial charge in [-0.1, -0.05) is 13.8 Å². The van der Waals surface area contributed by atoms with Crippen LogP contribution in [0.2, 0.25) is 0 Å². The van der Waals surface area contributed by atoms with Gasteiger partial charge in [-0.25, -0.2) is 9.79 Å². The van der Waals surface area contributed by atoms with Gasteiger partial charge in [0.15, 0.2) is 0 Å². The summed E-state index contributed by atoms with van der Waals surface area (Å²) in [6, 6.07) is 1.41. The summed E-state index contributed by atoms with van der Waals surface area (Å²) in [4.78, 5) is 29.9. The fourth-order valence-corrected chi connectivity index (χ4v) is 2.72. The van der Waals surface area contributed by atoms with E-state index in [2.05, 4.69) is 4.99 Å². The van der Waals surface area contributed by atoms with Crippen LogP contribution in [0.4, 0.5) is 5.00 Å². The molecule has 0 bridgehead atoms. The Hall–Kier alpha value is -1.69. The third-order valence-electron chi connectivity index (χ3n) is 2.91. The minimum atomic E-state index is -0.626. The molecule has 0 fully saturated rings. The first-order valence-corrected chi connectivity index (χ1v) is 7.85. The molecule has 1 aromatic rings. The smallest absolute Gasteiger partial charge is 0.329 e. The Morgan fingerprint density at radius 2 is 2.19 bits per heavy atom. The number of thiophene rings is 1. The van der Waals surface area contributed by atoms with Crippen molar-refractivity contribution < 1.29 is 14.3 Å². The van der Waals surface area contributed by atoms with Gasteiger partial charge >= 0.3 is 5.97 Å². The quantitative estimate of drug-likeness (QED) is 0.320. The highest BCUT2D eigenvalue weighted by Gasteiger charge is 2.23. The molecule has 1 unspecified atom stereocenters. The molecule has 0 aliphatic carbocycles. The topological polar surface area (TPSA) is 59.0 Å². The zero-order valence-electron chi connectivity index (χ0n) is 13.0. The second-order valence-electron chi connectivity index (χ2n) is 4.73. The second-order valence-corrected chi connectivity index (χ2v) is 5.97. The lowest BCUT2D eigenvalue weighted by atomic mass is 10.2. The standard InChI is InChI=1S/C15H22N2O3S/c1-5-7-20-15(19)13(6-2)17(10-18)9-16-14-11(3)8-12(4)21-14/h8-10,13H,5-7H2,1-4H3/b16-9-. The Labute approximate surface area is 129 Å². The van der Waals surface area contributed by atoms with Crippen molar-refractivity contribution in [2.45, 2.75) is 46.6 Å². The number of aryl methyl sites for hydroxylation is 2. The van der Waals surface area contributed by atoms with Crippen molar-refractivity contribution in [3.8, 4) is 0 Å². The predicted molar refractivity (Wildman–Crippen MR) is 85.2 cm³/mol. The Morgan fingerprint density at radius 1 is 1.48 bits per heavy atom. The Balaban J connectivity index is 2.82. The fourth-order valence-electron chi connectivity index (χ4n) is 1.86. The predicted octanol–water partition coefficient (Wildman–Crippen LogP) is 3.21. The molecule has 1 rings (SSSR count). The van der Waals surface area contributed by atoms with E-state index in [0.717, 1.165) is 21.9 Å². The maximum absolute atomic E-state index is 11.9. The molecular weight excluding hydrogens is 288 g/mol. The monoisotopic (exact) mass is 310 g/mol. The number of carbonyl (C=O) groups excluding carboxylic acids is 2. The molecule has 0 saturated heterocycles. The molecule has 0 aliphatic heterocycles. The molecule has 0 N–H and O–H groups in total. The van der Waals surface area contributed by atoms with Crippen molar-refractivity contribution >= 4 is 35.1 Å². The summed E-state index contributed by atoms with van der Waals surface area (Å²) in [6.07, 6.45) is 3.26. The van der Waals surface area contributed by atoms with E-state index in [1.165, 1.54) is 11.2 Å². The third kappa shape index (κ3) is 4.97. The van der Waals surface area contributed by atoms with Gasteiger partial charge in [-0.2, -0.15) is 0 Å². The summed E-state index contributed by atoms with van der Waals surface area (Å²) >= 11 is 1.55. The van der Waals surface area contributed by atoms with E-state index in [4.69, 9.17) is 4.74 Å². The summed E-state index contributed by atoms with van der Waals surface area (Å²) in [5.74, 6) is -0.392. The third-order valence-corrected chi connectivity index (χ3v) is 3.97. The number of hydrogen-bond acceptors (Lipinski definition) is 5. The van der Waals surface area contributed by atoms with Gasteiger partial charge in [-0.05, 0) is 38.3 Å². The first kappa shape index (κ1) is 17.4. The van der Waals surface area contributed by atoms with Gasteiger partial charge in [-0.3, -0.25) is 9.69 Å². The molecule has 1 atom stereocenters. The normalized spacial score (nSPS) is 12.4. The van der Waals surface area contributed by atoms with Crippen LogP contribution in [0.15, 0.2) is 11.1 Å². The van der Waals surface area contributed by atoms with E-state index in [1.54, 1.807) is 11.3 Å². The van der Waals surface area contributed by atoms with Crippen molar-refractivity contribution in [1.29, 1.82) is 0 Å². The van der Waals surface area contributed by atoms with Crippen LogP contribution in [-0.4, -0.2) is 36.3 Å². The average Bonchev–Trinajstić information content (AvgIpc) is 2.78. The summed E-state index contributed by atoms with van der Waals surface area (Å²) < 4.78 is 5.11. The second kappa shape index (κ2) is 8.56. The van der Waals surface area contributed by atoms with Crippen LogP contribution in [0.1, 0.15) is 37.1 Å². The van der Waals surface area contributed by atoms with E-state index >= 15 is 0 Å². The number of amides is 1. The molecule has 21 heavy (non-hydrogen) atoms. The number of hydrogen-bond donors (Lipinski definition) is 0. The highest BCUT2D eigenvalue weighted by atomic mass is 32.1. The lowest BCUT2D eigenvalue weighted by Gasteiger charge is -2.21. The molecule has 1 amide bonds. The molecule has 0 aliphatic rings. The van der Waals surface area contributed by atoms with Gasteiger partial charge in [-0.15, -0.1) is 11.3 Å². The average molecular weight is 310 g/mol. The van der Waals surface area contributed by atoms with Gasteiger partial charge < -0.3 is 4.74 Å². The van der Waals surface area contributed by atoms with Crippen molar-refractivity contribution in [1.82, 2.24) is 4.90 Å². The Morgan fingerprint density at radius 3 is 2.67 bits per heavy atom. The number of rotatable bonds is 8. The fraction of sp³-hybridized carbons (Fsp3) is 0.533. The molecule has 5 nitrogen and oxygen atoms in total. The highest BCUT2D eigenvalue weighted by Crippen LogP contribution is 2.29. The molecule has 0 spiro atoms. The van der Waals surface area contributed by atoms with E-state index in [-0.39, 0.29) is 0 Å². The maximum Gasteiger partial charge on any atom is 0.329 e. The molecule has 6 heteroatoms. The van der Waals surface area contributed by atoms with Crippen molar-refractivity contribution in [3.63, 3.8) is 0 Å². The Bertz CT molecular complexity index is 511. The van der Waals surface area contributed by atoms with Crippen LogP contribution in [0.3, 0.4) is 0 Å². The number of nitrogens with zero attached hydrogens (tertiary/aromatic N) is 2. The molecule has 1 heterocycles. The van der Waals surface area contributed by atoms with Crippen LogP contribution < -0.4 is 0 Å². The summed E-state index contributed by atoms with van der Waals surface area (Å²) in [6.45, 7) is 8.10. The van der Waals surface area contributed by atoms with Crippen LogP contribution >= 0.6 is 11.3 Å². The van der Waals surface area contributed by atoms with Crippen LogP contribution in [0.5, 0.6) is 0 Å². The number of aliphatic imine (C=N–C) groups is 1. The van der Waals surface area contributed by atoms with Gasteiger partial charge in [0.05, 0.1) is 12.9 Å². The summed E-state index contributed by atoms with van der Waals surface area (Å²) in [5, 5.41) is 0.844. The highest BCUT2D eigenvalue weighted by molar-refractivity contribution is 7.15. The molecule has 1 aromatic heterocycles. The number of carbonyl (C=O) groups is 2. The molecular formula is C15H22N2O3S. The summed E-state index contributed by atoms with van der Waals surface area (Å²) in [5.41, 5.74) is 1.06. The zero-order chi connectivity index (χ0) is 15.8. The lowest BCUT2D eigenvalue weighted by molar-refractivity contribution is -0.150. The molecule has 0 saturated carbocycles. The van der Waals surface area contributed by atoms with Crippen LogP contribution in [-0.2, 0) is 14.3 Å². The van der Waals surface area contributed by atoms with Gasteiger partial charge in [0.1, 0.15) is 11.0 Å². The first-order valence-electron chi connectivity index (χ1n) is 7.04. The molecule has 0 aromatic carbocycles. The van der Waals surface area contributed by atoms with Crippen molar-refractivity contribution in [2.24, 2.45) is 4.99 Å². The molecule has 116 valence electrons. The van der Waals surface area contributed by atoms with Gasteiger partial charge in [0.25, 0.3) is 0 Å². The van der Waals surface area contributed by atoms with Gasteiger partial charge in [0.2, 0.25) is 6.41 Å². The van der Waals surface area contributed by atoms with E-state index in [9.17, 15) is 9.59 Å². The first-order chi connectivity index (χ1) is 10.0. The number of ether oxygens (including phenoxy) is 1. The van der Waals surface area contributed by atoms with Crippen molar-refractivity contribution in [2.75, 3.05) is 6.61 Å². The lowest BCUT2D eigenvalue weighted by Crippen LogP contribution is -2.40. The van der Waals surface area contributed by atoms with Crippen LogP contribution in [0.25, 0.3) is 0 Å². The van der Waals surface area contributed by atoms with E-state index < -0.39 is 12.0 Å². The van der Waals surface area contributed by atoms with Gasteiger partial charge in [0, 0.05) is 4.88 Å².